The Labute approximate surface area is 206 Å². The molecule has 3 amide bonds. The minimum absolute atomic E-state index is 0.0449. The molecule has 35 heavy (non-hydrogen) atoms. The predicted octanol–water partition coefficient (Wildman–Crippen LogP) is 2.73. The van der Waals surface area contributed by atoms with E-state index in [4.69, 9.17) is 16.2 Å². The summed E-state index contributed by atoms with van der Waals surface area (Å²) in [5.74, 6) is -2.53. The van der Waals surface area contributed by atoms with Gasteiger partial charge in [0.25, 0.3) is 11.8 Å². The van der Waals surface area contributed by atoms with Gasteiger partial charge < -0.3 is 21.5 Å². The predicted molar refractivity (Wildman–Crippen MR) is 132 cm³/mol. The third-order valence-corrected chi connectivity index (χ3v) is 6.36. The van der Waals surface area contributed by atoms with Crippen LogP contribution in [0.4, 0.5) is 15.8 Å². The molecule has 1 unspecified atom stereocenters. The number of primary amides is 1. The lowest BCUT2D eigenvalue weighted by molar-refractivity contribution is -0.122. The van der Waals surface area contributed by atoms with E-state index in [0.29, 0.717) is 22.8 Å². The van der Waals surface area contributed by atoms with Gasteiger partial charge >= 0.3 is 0 Å². The molecule has 0 saturated carbocycles. The Morgan fingerprint density at radius 1 is 1.17 bits per heavy atom. The minimum Gasteiger partial charge on any atom is -0.395 e. The van der Waals surface area contributed by atoms with Gasteiger partial charge in [-0.05, 0) is 60.3 Å². The van der Waals surface area contributed by atoms with Crippen molar-refractivity contribution in [2.75, 3.05) is 30.9 Å². The minimum atomic E-state index is -1.20. The van der Waals surface area contributed by atoms with Crippen molar-refractivity contribution in [1.82, 2.24) is 9.69 Å². The molecular formula is C24H26FN5O4S. The van der Waals surface area contributed by atoms with E-state index in [1.165, 1.54) is 36.3 Å². The standard InChI is InChI=1S/C24H26FN5O4S/c1-13-5-4-6-17(14(13)2)30(24(33)21-18(26)19(22(27)31)29-35-21)20(23(32)28-11-12-34-3)15-7-9-16(25)10-8-15/h4-10,20H,11-12,26H2,1-3H3,(H2,27,31)(H,28,32). The average molecular weight is 500 g/mol. The SMILES string of the molecule is COCCNC(=O)C(c1ccc(F)cc1)N(C(=O)c1snc(C(N)=O)c1N)c1cccc(C)c1C. The maximum Gasteiger partial charge on any atom is 0.273 e. The summed E-state index contributed by atoms with van der Waals surface area (Å²) in [6.07, 6.45) is 0. The van der Waals surface area contributed by atoms with Crippen molar-refractivity contribution in [3.05, 3.63) is 75.5 Å². The maximum absolute atomic E-state index is 14.0. The van der Waals surface area contributed by atoms with Crippen LogP contribution in [-0.2, 0) is 9.53 Å². The zero-order chi connectivity index (χ0) is 25.7. The number of rotatable bonds is 9. The molecule has 3 aromatic rings. The molecule has 0 spiro atoms. The molecule has 1 heterocycles. The summed E-state index contributed by atoms with van der Waals surface area (Å²) >= 11 is 0.715. The lowest BCUT2D eigenvalue weighted by atomic mass is 10.00. The molecule has 9 nitrogen and oxygen atoms in total. The van der Waals surface area contributed by atoms with Gasteiger partial charge in [0.1, 0.15) is 16.7 Å². The number of hydrogen-bond acceptors (Lipinski definition) is 7. The van der Waals surface area contributed by atoms with Gasteiger partial charge in [-0.15, -0.1) is 0 Å². The monoisotopic (exact) mass is 499 g/mol. The Bertz CT molecular complexity index is 1250. The van der Waals surface area contributed by atoms with Crippen molar-refractivity contribution in [3.63, 3.8) is 0 Å². The van der Waals surface area contributed by atoms with Crippen molar-refractivity contribution in [1.29, 1.82) is 0 Å². The molecule has 0 aliphatic heterocycles. The molecule has 0 radical (unpaired) electrons. The summed E-state index contributed by atoms with van der Waals surface area (Å²) in [6.45, 7) is 4.14. The molecule has 0 aliphatic carbocycles. The van der Waals surface area contributed by atoms with Gasteiger partial charge in [0.05, 0.1) is 12.3 Å². The fourth-order valence-corrected chi connectivity index (χ4v) is 4.28. The van der Waals surface area contributed by atoms with E-state index in [2.05, 4.69) is 9.69 Å². The molecule has 3 rings (SSSR count). The quantitative estimate of drug-likeness (QED) is 0.387. The summed E-state index contributed by atoms with van der Waals surface area (Å²) in [7, 11) is 1.50. The van der Waals surface area contributed by atoms with Crippen molar-refractivity contribution >= 4 is 40.6 Å². The maximum atomic E-state index is 14.0. The Morgan fingerprint density at radius 2 is 1.86 bits per heavy atom. The first kappa shape index (κ1) is 25.8. The van der Waals surface area contributed by atoms with Crippen molar-refractivity contribution in [2.45, 2.75) is 19.9 Å². The first-order valence-electron chi connectivity index (χ1n) is 10.6. The Morgan fingerprint density at radius 3 is 2.46 bits per heavy atom. The van der Waals surface area contributed by atoms with E-state index in [0.717, 1.165) is 11.1 Å². The lowest BCUT2D eigenvalue weighted by Crippen LogP contribution is -2.45. The number of nitrogens with one attached hydrogen (secondary N) is 1. The molecule has 0 saturated heterocycles. The highest BCUT2D eigenvalue weighted by atomic mass is 32.1. The molecular weight excluding hydrogens is 473 g/mol. The van der Waals surface area contributed by atoms with Gasteiger partial charge in [0, 0.05) is 19.3 Å². The molecule has 2 aromatic carbocycles. The van der Waals surface area contributed by atoms with Crippen LogP contribution in [0.5, 0.6) is 0 Å². The summed E-state index contributed by atoms with van der Waals surface area (Å²) in [5.41, 5.74) is 13.4. The second-order valence-corrected chi connectivity index (χ2v) is 8.54. The van der Waals surface area contributed by atoms with Gasteiger partial charge in [0.15, 0.2) is 5.69 Å². The summed E-state index contributed by atoms with van der Waals surface area (Å²) < 4.78 is 22.7. The van der Waals surface area contributed by atoms with Crippen LogP contribution in [0.15, 0.2) is 42.5 Å². The zero-order valence-electron chi connectivity index (χ0n) is 19.5. The molecule has 5 N–H and O–H groups in total. The van der Waals surface area contributed by atoms with Crippen LogP contribution < -0.4 is 21.7 Å². The van der Waals surface area contributed by atoms with Gasteiger partial charge in [0.2, 0.25) is 5.91 Å². The number of aryl methyl sites for hydroxylation is 1. The zero-order valence-corrected chi connectivity index (χ0v) is 20.3. The Balaban J connectivity index is 2.23. The number of ether oxygens (including phenoxy) is 1. The lowest BCUT2D eigenvalue weighted by Gasteiger charge is -2.32. The molecule has 0 bridgehead atoms. The molecule has 0 aliphatic rings. The van der Waals surface area contributed by atoms with Gasteiger partial charge in [-0.25, -0.2) is 4.39 Å². The number of nitrogens with two attached hydrogens (primary N) is 2. The van der Waals surface area contributed by atoms with E-state index in [9.17, 15) is 18.8 Å². The molecule has 11 heteroatoms. The van der Waals surface area contributed by atoms with E-state index in [-0.39, 0.29) is 29.4 Å². The van der Waals surface area contributed by atoms with Crippen LogP contribution in [0.25, 0.3) is 0 Å². The number of halogens is 1. The highest BCUT2D eigenvalue weighted by Crippen LogP contribution is 2.35. The fraction of sp³-hybridized carbons (Fsp3) is 0.250. The highest BCUT2D eigenvalue weighted by molar-refractivity contribution is 7.09. The van der Waals surface area contributed by atoms with Crippen LogP contribution in [0.1, 0.15) is 42.9 Å². The summed E-state index contributed by atoms with van der Waals surface area (Å²) in [4.78, 5) is 40.4. The van der Waals surface area contributed by atoms with Crippen LogP contribution in [0, 0.1) is 19.7 Å². The Kier molecular flexibility index (Phi) is 8.15. The number of benzene rings is 2. The van der Waals surface area contributed by atoms with Gasteiger partial charge in [-0.1, -0.05) is 24.3 Å². The number of nitrogens with zero attached hydrogens (tertiary/aromatic N) is 2. The molecule has 184 valence electrons. The van der Waals surface area contributed by atoms with Crippen LogP contribution in [0.3, 0.4) is 0 Å². The van der Waals surface area contributed by atoms with Crippen molar-refractivity contribution in [2.24, 2.45) is 5.73 Å². The van der Waals surface area contributed by atoms with Crippen LogP contribution in [-0.4, -0.2) is 42.4 Å². The van der Waals surface area contributed by atoms with Crippen molar-refractivity contribution < 1.29 is 23.5 Å². The summed E-state index contributed by atoms with van der Waals surface area (Å²) in [5, 5.41) is 2.76. The smallest absolute Gasteiger partial charge is 0.273 e. The van der Waals surface area contributed by atoms with Crippen LogP contribution in [0.2, 0.25) is 0 Å². The number of nitrogen functional groups attached to an aromatic ring is 1. The number of hydrogen-bond donors (Lipinski definition) is 3. The number of amides is 3. The van der Waals surface area contributed by atoms with Crippen LogP contribution >= 0.6 is 11.5 Å². The molecule has 0 fully saturated rings. The second kappa shape index (κ2) is 11.1. The first-order chi connectivity index (χ1) is 16.7. The number of aromatic nitrogens is 1. The molecule has 1 aromatic heterocycles. The normalized spacial score (nSPS) is 11.7. The van der Waals surface area contributed by atoms with Gasteiger partial charge in [-0.2, -0.15) is 4.37 Å². The number of methoxy groups -OCH3 is 1. The number of anilines is 2. The number of carbonyl (C=O) groups is 3. The highest BCUT2D eigenvalue weighted by Gasteiger charge is 2.36. The van der Waals surface area contributed by atoms with Crippen molar-refractivity contribution in [3.8, 4) is 0 Å². The summed E-state index contributed by atoms with van der Waals surface area (Å²) in [6, 6.07) is 9.43. The van der Waals surface area contributed by atoms with E-state index in [1.807, 2.05) is 19.9 Å². The third-order valence-electron chi connectivity index (χ3n) is 5.51. The van der Waals surface area contributed by atoms with Gasteiger partial charge in [-0.3, -0.25) is 19.3 Å². The third kappa shape index (κ3) is 5.47. The largest absolute Gasteiger partial charge is 0.395 e. The van der Waals surface area contributed by atoms with E-state index < -0.39 is 29.6 Å². The van der Waals surface area contributed by atoms with E-state index >= 15 is 0 Å². The fourth-order valence-electron chi connectivity index (χ4n) is 3.54. The Hall–Kier alpha value is -3.83. The second-order valence-electron chi connectivity index (χ2n) is 7.77. The number of carbonyl (C=O) groups excluding carboxylic acids is 3. The molecule has 1 atom stereocenters. The average Bonchev–Trinajstić information content (AvgIpc) is 3.21. The van der Waals surface area contributed by atoms with E-state index in [1.54, 1.807) is 12.1 Å². The topological polar surface area (TPSA) is 141 Å². The first-order valence-corrected chi connectivity index (χ1v) is 11.4.